The van der Waals surface area contributed by atoms with Crippen molar-refractivity contribution in [1.29, 1.82) is 0 Å². The third-order valence-corrected chi connectivity index (χ3v) is 3.25. The molecule has 1 amide bonds. The Bertz CT molecular complexity index is 227. The van der Waals surface area contributed by atoms with Gasteiger partial charge in [-0.25, -0.2) is 4.79 Å². The van der Waals surface area contributed by atoms with E-state index in [1.807, 2.05) is 0 Å². The van der Waals surface area contributed by atoms with Gasteiger partial charge in [-0.2, -0.15) is 0 Å². The Labute approximate surface area is 97.7 Å². The van der Waals surface area contributed by atoms with E-state index in [4.69, 9.17) is 4.74 Å². The number of amides is 1. The zero-order valence-electron chi connectivity index (χ0n) is 10.7. The largest absolute Gasteiger partial charge is 0.453 e. The normalized spacial score (nSPS) is 26.2. The number of hydrogen-bond acceptors (Lipinski definition) is 3. The van der Waals surface area contributed by atoms with Crippen LogP contribution in [-0.4, -0.2) is 32.5 Å². The second kappa shape index (κ2) is 5.53. The molecule has 4 nitrogen and oxygen atoms in total. The van der Waals surface area contributed by atoms with Crippen LogP contribution >= 0.6 is 0 Å². The molecule has 94 valence electrons. The molecule has 16 heavy (non-hydrogen) atoms. The van der Waals surface area contributed by atoms with Gasteiger partial charge in [0.1, 0.15) is 0 Å². The van der Waals surface area contributed by atoms with E-state index in [9.17, 15) is 4.79 Å². The van der Waals surface area contributed by atoms with Crippen molar-refractivity contribution in [3.05, 3.63) is 0 Å². The van der Waals surface area contributed by atoms with Crippen molar-refractivity contribution in [2.45, 2.75) is 39.7 Å². The van der Waals surface area contributed by atoms with Gasteiger partial charge in [-0.05, 0) is 24.2 Å². The molecule has 1 fully saturated rings. The Kier molecular flexibility index (Phi) is 4.59. The summed E-state index contributed by atoms with van der Waals surface area (Å²) >= 11 is 0. The lowest BCUT2D eigenvalue weighted by molar-refractivity contribution is -0.0441. The van der Waals surface area contributed by atoms with Crippen molar-refractivity contribution in [2.24, 2.45) is 11.3 Å². The molecule has 1 saturated heterocycles. The summed E-state index contributed by atoms with van der Waals surface area (Å²) in [5.41, 5.74) is 0.306. The molecule has 2 atom stereocenters. The topological polar surface area (TPSA) is 47.6 Å². The molecular weight excluding hydrogens is 206 g/mol. The number of methoxy groups -OCH3 is 1. The third kappa shape index (κ3) is 4.00. The van der Waals surface area contributed by atoms with Gasteiger partial charge < -0.3 is 14.8 Å². The van der Waals surface area contributed by atoms with Crippen LogP contribution in [0.4, 0.5) is 4.79 Å². The molecule has 0 aromatic carbocycles. The highest BCUT2D eigenvalue weighted by Crippen LogP contribution is 2.33. The molecule has 0 aliphatic carbocycles. The fraction of sp³-hybridized carbons (Fsp3) is 0.917. The third-order valence-electron chi connectivity index (χ3n) is 3.25. The predicted octanol–water partition coefficient (Wildman–Crippen LogP) is 2.18. The summed E-state index contributed by atoms with van der Waals surface area (Å²) in [6.45, 7) is 8.07. The van der Waals surface area contributed by atoms with E-state index in [1.54, 1.807) is 0 Å². The molecule has 1 aliphatic heterocycles. The van der Waals surface area contributed by atoms with Crippen molar-refractivity contribution in [3.8, 4) is 0 Å². The van der Waals surface area contributed by atoms with Gasteiger partial charge in [0.25, 0.3) is 0 Å². The zero-order valence-corrected chi connectivity index (χ0v) is 10.7. The first-order valence-electron chi connectivity index (χ1n) is 5.87. The van der Waals surface area contributed by atoms with Gasteiger partial charge in [0.2, 0.25) is 0 Å². The minimum absolute atomic E-state index is 0.137. The van der Waals surface area contributed by atoms with Crippen LogP contribution in [0.5, 0.6) is 0 Å². The SMILES string of the molecule is COC(=O)NCC1CCC(C(C)(C)C)CO1. The molecule has 0 saturated carbocycles. The Morgan fingerprint density at radius 3 is 2.56 bits per heavy atom. The maximum Gasteiger partial charge on any atom is 0.406 e. The molecular formula is C12H23NO3. The highest BCUT2D eigenvalue weighted by Gasteiger charge is 2.30. The van der Waals surface area contributed by atoms with Crippen molar-refractivity contribution in [2.75, 3.05) is 20.3 Å². The van der Waals surface area contributed by atoms with Crippen LogP contribution in [0.3, 0.4) is 0 Å². The van der Waals surface area contributed by atoms with Gasteiger partial charge in [0, 0.05) is 6.54 Å². The molecule has 0 aromatic heterocycles. The Balaban J connectivity index is 2.25. The van der Waals surface area contributed by atoms with Crippen molar-refractivity contribution in [3.63, 3.8) is 0 Å². The second-order valence-electron chi connectivity index (χ2n) is 5.47. The van der Waals surface area contributed by atoms with E-state index in [0.717, 1.165) is 19.4 Å². The monoisotopic (exact) mass is 229 g/mol. The van der Waals surface area contributed by atoms with E-state index in [-0.39, 0.29) is 12.2 Å². The van der Waals surface area contributed by atoms with Crippen molar-refractivity contribution >= 4 is 6.09 Å². The van der Waals surface area contributed by atoms with Gasteiger partial charge in [-0.1, -0.05) is 20.8 Å². The molecule has 1 heterocycles. The fourth-order valence-corrected chi connectivity index (χ4v) is 1.92. The van der Waals surface area contributed by atoms with E-state index in [1.165, 1.54) is 7.11 Å². The lowest BCUT2D eigenvalue weighted by Crippen LogP contribution is -2.40. The van der Waals surface area contributed by atoms with Crippen LogP contribution in [0.1, 0.15) is 33.6 Å². The Morgan fingerprint density at radius 2 is 2.12 bits per heavy atom. The van der Waals surface area contributed by atoms with Crippen LogP contribution < -0.4 is 5.32 Å². The smallest absolute Gasteiger partial charge is 0.406 e. The van der Waals surface area contributed by atoms with E-state index in [0.29, 0.717) is 17.9 Å². The van der Waals surface area contributed by atoms with Gasteiger partial charge >= 0.3 is 6.09 Å². The number of ether oxygens (including phenoxy) is 2. The summed E-state index contributed by atoms with van der Waals surface area (Å²) < 4.78 is 10.3. The molecule has 1 rings (SSSR count). The lowest BCUT2D eigenvalue weighted by Gasteiger charge is -2.36. The quantitative estimate of drug-likeness (QED) is 0.789. The van der Waals surface area contributed by atoms with Crippen LogP contribution in [0.2, 0.25) is 0 Å². The Morgan fingerprint density at radius 1 is 1.44 bits per heavy atom. The minimum atomic E-state index is -0.387. The summed E-state index contributed by atoms with van der Waals surface area (Å²) in [4.78, 5) is 10.9. The van der Waals surface area contributed by atoms with Gasteiger partial charge in [0.05, 0.1) is 19.8 Å². The number of rotatable bonds is 2. The molecule has 2 unspecified atom stereocenters. The zero-order chi connectivity index (χ0) is 12.2. The van der Waals surface area contributed by atoms with E-state index >= 15 is 0 Å². The minimum Gasteiger partial charge on any atom is -0.453 e. The van der Waals surface area contributed by atoms with Crippen molar-refractivity contribution < 1.29 is 14.3 Å². The standard InChI is InChI=1S/C12H23NO3/c1-12(2,3)9-5-6-10(16-8-9)7-13-11(14)15-4/h9-10H,5-8H2,1-4H3,(H,13,14). The predicted molar refractivity (Wildman–Crippen MR) is 62.3 cm³/mol. The molecule has 0 radical (unpaired) electrons. The molecule has 1 N–H and O–H groups in total. The molecule has 4 heteroatoms. The highest BCUT2D eigenvalue weighted by atomic mass is 16.5. The lowest BCUT2D eigenvalue weighted by atomic mass is 9.77. The van der Waals surface area contributed by atoms with Crippen LogP contribution in [0, 0.1) is 11.3 Å². The summed E-state index contributed by atoms with van der Waals surface area (Å²) in [6.07, 6.45) is 1.92. The number of carbonyl (C=O) groups excluding carboxylic acids is 1. The maximum atomic E-state index is 10.9. The summed E-state index contributed by atoms with van der Waals surface area (Å²) in [7, 11) is 1.37. The molecule has 0 aromatic rings. The molecule has 0 bridgehead atoms. The fourth-order valence-electron chi connectivity index (χ4n) is 1.92. The second-order valence-corrected chi connectivity index (χ2v) is 5.47. The van der Waals surface area contributed by atoms with Gasteiger partial charge in [-0.3, -0.25) is 0 Å². The number of alkyl carbamates (subject to hydrolysis) is 1. The average Bonchev–Trinajstić information content (AvgIpc) is 2.25. The van der Waals surface area contributed by atoms with Crippen LogP contribution in [-0.2, 0) is 9.47 Å². The average molecular weight is 229 g/mol. The molecule has 0 spiro atoms. The van der Waals surface area contributed by atoms with Crippen LogP contribution in [0.15, 0.2) is 0 Å². The van der Waals surface area contributed by atoms with Crippen LogP contribution in [0.25, 0.3) is 0 Å². The first-order valence-corrected chi connectivity index (χ1v) is 5.87. The van der Waals surface area contributed by atoms with Gasteiger partial charge in [-0.15, -0.1) is 0 Å². The number of nitrogens with one attached hydrogen (secondary N) is 1. The first-order chi connectivity index (χ1) is 7.43. The summed E-state index contributed by atoms with van der Waals surface area (Å²) in [5.74, 6) is 0.613. The highest BCUT2D eigenvalue weighted by molar-refractivity contribution is 5.66. The summed E-state index contributed by atoms with van der Waals surface area (Å²) in [6, 6.07) is 0. The maximum absolute atomic E-state index is 10.9. The number of hydrogen-bond donors (Lipinski definition) is 1. The molecule has 1 aliphatic rings. The first kappa shape index (κ1) is 13.3. The number of carbonyl (C=O) groups is 1. The van der Waals surface area contributed by atoms with E-state index < -0.39 is 0 Å². The summed E-state index contributed by atoms with van der Waals surface area (Å²) in [5, 5.41) is 2.67. The Hall–Kier alpha value is -0.770. The van der Waals surface area contributed by atoms with Gasteiger partial charge in [0.15, 0.2) is 0 Å². The van der Waals surface area contributed by atoms with Crippen molar-refractivity contribution in [1.82, 2.24) is 5.32 Å². The van der Waals surface area contributed by atoms with E-state index in [2.05, 4.69) is 30.8 Å².